The van der Waals surface area contributed by atoms with Gasteiger partial charge < -0.3 is 9.64 Å². The van der Waals surface area contributed by atoms with Crippen molar-refractivity contribution < 1.29 is 13.9 Å². The molecule has 196 valence electrons. The van der Waals surface area contributed by atoms with Crippen molar-refractivity contribution in [2.45, 2.75) is 51.3 Å². The summed E-state index contributed by atoms with van der Waals surface area (Å²) < 4.78 is 22.6. The van der Waals surface area contributed by atoms with E-state index in [-0.39, 0.29) is 34.7 Å². The van der Waals surface area contributed by atoms with Crippen molar-refractivity contribution in [3.63, 3.8) is 0 Å². The Morgan fingerprint density at radius 2 is 1.79 bits per heavy atom. The number of benzene rings is 2. The van der Waals surface area contributed by atoms with Gasteiger partial charge in [-0.3, -0.25) is 9.88 Å². The second kappa shape index (κ2) is 9.31. The van der Waals surface area contributed by atoms with E-state index in [0.29, 0.717) is 29.9 Å². The summed E-state index contributed by atoms with van der Waals surface area (Å²) in [5.41, 5.74) is 0.418. The standard InChI is InChI=1S/C28H26BrClFN5O2/c1-28(2,3)38-27(37)36-16-10-11-17(36)14-35(13-16)25-19-12-32-23(22(31)24(19)33-26(30)34-25)18-8-4-6-15-7-5-9-20(29)21(15)18/h4-9,12,16-17H,10-11,13-14H2,1-3H3/t16-,17+. The zero-order chi connectivity index (χ0) is 26.8. The van der Waals surface area contributed by atoms with Crippen molar-refractivity contribution in [3.05, 3.63) is 58.2 Å². The van der Waals surface area contributed by atoms with Crippen molar-refractivity contribution in [2.24, 2.45) is 0 Å². The number of rotatable bonds is 2. The number of fused-ring (bicyclic) bond motifs is 4. The van der Waals surface area contributed by atoms with Crippen LogP contribution in [0.5, 0.6) is 0 Å². The van der Waals surface area contributed by atoms with Gasteiger partial charge in [-0.2, -0.15) is 4.98 Å². The molecule has 0 unspecified atom stereocenters. The van der Waals surface area contributed by atoms with Crippen LogP contribution in [0.15, 0.2) is 47.1 Å². The number of hydrogen-bond donors (Lipinski definition) is 0. The summed E-state index contributed by atoms with van der Waals surface area (Å²) in [6.07, 6.45) is 3.05. The summed E-state index contributed by atoms with van der Waals surface area (Å²) in [6, 6.07) is 11.5. The van der Waals surface area contributed by atoms with Gasteiger partial charge in [0.2, 0.25) is 5.28 Å². The molecule has 2 atom stereocenters. The lowest BCUT2D eigenvalue weighted by Crippen LogP contribution is -2.57. The van der Waals surface area contributed by atoms with E-state index in [1.807, 2.05) is 62.1 Å². The quantitative estimate of drug-likeness (QED) is 0.232. The largest absolute Gasteiger partial charge is 0.444 e. The minimum absolute atomic E-state index is 0.0301. The van der Waals surface area contributed by atoms with Gasteiger partial charge in [0.1, 0.15) is 22.6 Å². The van der Waals surface area contributed by atoms with Gasteiger partial charge in [-0.25, -0.2) is 14.2 Å². The summed E-state index contributed by atoms with van der Waals surface area (Å²) >= 11 is 9.95. The number of hydrogen-bond acceptors (Lipinski definition) is 6. The predicted octanol–water partition coefficient (Wildman–Crippen LogP) is 6.99. The van der Waals surface area contributed by atoms with Gasteiger partial charge in [0.05, 0.1) is 17.5 Å². The fraction of sp³-hybridized carbons (Fsp3) is 0.357. The molecule has 10 heteroatoms. The molecule has 1 amide bonds. The lowest BCUT2D eigenvalue weighted by Gasteiger charge is -2.42. The molecule has 0 saturated carbocycles. The molecule has 2 saturated heterocycles. The molecule has 2 bridgehead atoms. The highest BCUT2D eigenvalue weighted by atomic mass is 79.9. The van der Waals surface area contributed by atoms with Gasteiger partial charge in [-0.15, -0.1) is 0 Å². The van der Waals surface area contributed by atoms with E-state index in [4.69, 9.17) is 16.3 Å². The van der Waals surface area contributed by atoms with Crippen LogP contribution in [0.2, 0.25) is 5.28 Å². The Morgan fingerprint density at radius 1 is 1.11 bits per heavy atom. The predicted molar refractivity (Wildman–Crippen MR) is 150 cm³/mol. The molecule has 0 aliphatic carbocycles. The molecule has 2 aromatic heterocycles. The Hall–Kier alpha value is -3.04. The summed E-state index contributed by atoms with van der Waals surface area (Å²) in [6.45, 7) is 6.68. The Morgan fingerprint density at radius 3 is 2.47 bits per heavy atom. The van der Waals surface area contributed by atoms with Crippen LogP contribution in [0.25, 0.3) is 32.9 Å². The number of carbonyl (C=O) groups is 1. The zero-order valence-corrected chi connectivity index (χ0v) is 23.6. The maximum Gasteiger partial charge on any atom is 0.410 e. The highest BCUT2D eigenvalue weighted by Gasteiger charge is 2.45. The number of ether oxygens (including phenoxy) is 1. The molecule has 4 aromatic rings. The summed E-state index contributed by atoms with van der Waals surface area (Å²) in [4.78, 5) is 30.1. The molecule has 7 nitrogen and oxygen atoms in total. The maximum atomic E-state index is 16.1. The van der Waals surface area contributed by atoms with Gasteiger partial charge >= 0.3 is 6.09 Å². The summed E-state index contributed by atoms with van der Waals surface area (Å²) in [5, 5.41) is 2.29. The number of pyridine rings is 1. The first-order valence-corrected chi connectivity index (χ1v) is 13.7. The van der Waals surface area contributed by atoms with Crippen LogP contribution in [0.1, 0.15) is 33.6 Å². The third kappa shape index (κ3) is 4.35. The summed E-state index contributed by atoms with van der Waals surface area (Å²) in [5.74, 6) is -0.0237. The first-order valence-electron chi connectivity index (χ1n) is 12.6. The molecule has 2 aliphatic rings. The molecule has 2 fully saturated rings. The van der Waals surface area contributed by atoms with Gasteiger partial charge in [0.25, 0.3) is 0 Å². The van der Waals surface area contributed by atoms with Crippen LogP contribution >= 0.6 is 27.5 Å². The Labute approximate surface area is 233 Å². The molecule has 6 rings (SSSR count). The van der Waals surface area contributed by atoms with Crippen molar-refractivity contribution >= 4 is 61.1 Å². The highest BCUT2D eigenvalue weighted by Crippen LogP contribution is 2.39. The molecule has 0 radical (unpaired) electrons. The second-order valence-electron chi connectivity index (χ2n) is 10.8. The van der Waals surface area contributed by atoms with Crippen LogP contribution in [0.3, 0.4) is 0 Å². The Bertz CT molecular complexity index is 1570. The van der Waals surface area contributed by atoms with Crippen molar-refractivity contribution in [1.82, 2.24) is 19.9 Å². The number of piperazine rings is 1. The molecule has 2 aromatic carbocycles. The number of aromatic nitrogens is 3. The molecular formula is C28H26BrClFN5O2. The second-order valence-corrected chi connectivity index (χ2v) is 12.0. The SMILES string of the molecule is CC(C)(C)OC(=O)N1[C@@H]2CC[C@H]1CN(c1nc(Cl)nc3c(F)c(-c4cccc5cccc(Br)c45)ncc13)C2. The van der Waals surface area contributed by atoms with Crippen LogP contribution in [0.4, 0.5) is 15.0 Å². The topological polar surface area (TPSA) is 71.5 Å². The average Bonchev–Trinajstić information content (AvgIpc) is 3.13. The fourth-order valence-electron chi connectivity index (χ4n) is 5.63. The summed E-state index contributed by atoms with van der Waals surface area (Å²) in [7, 11) is 0. The maximum absolute atomic E-state index is 16.1. The number of carbonyl (C=O) groups excluding carboxylic acids is 1. The Balaban J connectivity index is 1.39. The smallest absolute Gasteiger partial charge is 0.410 e. The zero-order valence-electron chi connectivity index (χ0n) is 21.2. The van der Waals surface area contributed by atoms with E-state index in [0.717, 1.165) is 28.1 Å². The number of anilines is 1. The van der Waals surface area contributed by atoms with Gasteiger partial charge in [0.15, 0.2) is 5.82 Å². The van der Waals surface area contributed by atoms with Crippen molar-refractivity contribution in [1.29, 1.82) is 0 Å². The van der Waals surface area contributed by atoms with Crippen LogP contribution in [0, 0.1) is 5.82 Å². The normalized spacial score (nSPS) is 19.4. The first-order chi connectivity index (χ1) is 18.1. The lowest BCUT2D eigenvalue weighted by molar-refractivity contribution is 0.0123. The average molecular weight is 599 g/mol. The molecular weight excluding hydrogens is 573 g/mol. The van der Waals surface area contributed by atoms with Gasteiger partial charge in [-0.05, 0) is 56.7 Å². The molecule has 0 N–H and O–H groups in total. The van der Waals surface area contributed by atoms with Crippen LogP contribution in [-0.4, -0.2) is 56.7 Å². The van der Waals surface area contributed by atoms with E-state index in [1.54, 1.807) is 6.20 Å². The number of nitrogens with zero attached hydrogens (tertiary/aromatic N) is 5. The molecule has 2 aliphatic heterocycles. The van der Waals surface area contributed by atoms with Gasteiger partial charge in [-0.1, -0.05) is 46.3 Å². The highest BCUT2D eigenvalue weighted by molar-refractivity contribution is 9.10. The molecule has 0 spiro atoms. The fourth-order valence-corrected chi connectivity index (χ4v) is 6.38. The van der Waals surface area contributed by atoms with Crippen molar-refractivity contribution in [2.75, 3.05) is 18.0 Å². The van der Waals surface area contributed by atoms with Crippen molar-refractivity contribution in [3.8, 4) is 11.3 Å². The van der Waals surface area contributed by atoms with Crippen LogP contribution in [-0.2, 0) is 4.74 Å². The first kappa shape index (κ1) is 25.2. The monoisotopic (exact) mass is 597 g/mol. The van der Waals surface area contributed by atoms with E-state index >= 15 is 4.39 Å². The van der Waals surface area contributed by atoms with Crippen LogP contribution < -0.4 is 4.90 Å². The molecule has 38 heavy (non-hydrogen) atoms. The van der Waals surface area contributed by atoms with E-state index in [2.05, 4.69) is 35.8 Å². The van der Waals surface area contributed by atoms with E-state index < -0.39 is 11.4 Å². The third-order valence-electron chi connectivity index (χ3n) is 7.13. The third-order valence-corrected chi connectivity index (χ3v) is 7.96. The Kier molecular flexibility index (Phi) is 6.18. The lowest BCUT2D eigenvalue weighted by atomic mass is 10.0. The molecule has 4 heterocycles. The van der Waals surface area contributed by atoms with E-state index in [1.165, 1.54) is 0 Å². The minimum atomic E-state index is -0.565. The minimum Gasteiger partial charge on any atom is -0.444 e. The van der Waals surface area contributed by atoms with E-state index in [9.17, 15) is 4.79 Å². The van der Waals surface area contributed by atoms with Gasteiger partial charge in [0, 0.05) is 34.7 Å². The number of halogens is 3. The number of amides is 1.